The van der Waals surface area contributed by atoms with Crippen molar-refractivity contribution < 1.29 is 9.53 Å². The average Bonchev–Trinajstić information content (AvgIpc) is 3.07. The lowest BCUT2D eigenvalue weighted by atomic mass is 10.2. The molecule has 0 aliphatic carbocycles. The fourth-order valence-electron chi connectivity index (χ4n) is 2.46. The van der Waals surface area contributed by atoms with Crippen molar-refractivity contribution in [3.8, 4) is 5.75 Å². The van der Waals surface area contributed by atoms with Crippen LogP contribution < -0.4 is 10.1 Å². The molecule has 0 unspecified atom stereocenters. The Balaban J connectivity index is 1.64. The van der Waals surface area contributed by atoms with Gasteiger partial charge in [-0.15, -0.1) is 0 Å². The SMILES string of the molecule is CC(C)Oc1ccc(NC(=O)c2cnn(Cc3ccccc3Cl)c2)cc1. The molecule has 0 fully saturated rings. The highest BCUT2D eigenvalue weighted by molar-refractivity contribution is 6.31. The van der Waals surface area contributed by atoms with Gasteiger partial charge in [-0.05, 0) is 49.7 Å². The van der Waals surface area contributed by atoms with Crippen LogP contribution in [0, 0.1) is 0 Å². The first-order valence-corrected chi connectivity index (χ1v) is 8.73. The van der Waals surface area contributed by atoms with Gasteiger partial charge in [-0.25, -0.2) is 0 Å². The number of hydrogen-bond acceptors (Lipinski definition) is 3. The summed E-state index contributed by atoms with van der Waals surface area (Å²) in [7, 11) is 0. The van der Waals surface area contributed by atoms with Crippen LogP contribution in [0.2, 0.25) is 5.02 Å². The third-order valence-electron chi connectivity index (χ3n) is 3.67. The molecule has 1 aromatic heterocycles. The van der Waals surface area contributed by atoms with E-state index in [0.29, 0.717) is 22.8 Å². The predicted octanol–water partition coefficient (Wildman–Crippen LogP) is 4.62. The van der Waals surface area contributed by atoms with Gasteiger partial charge in [-0.3, -0.25) is 9.48 Å². The third-order valence-corrected chi connectivity index (χ3v) is 4.04. The Morgan fingerprint density at radius 2 is 1.92 bits per heavy atom. The van der Waals surface area contributed by atoms with Crippen LogP contribution in [-0.4, -0.2) is 21.8 Å². The maximum atomic E-state index is 12.4. The highest BCUT2D eigenvalue weighted by Gasteiger charge is 2.10. The molecule has 0 aliphatic heterocycles. The van der Waals surface area contributed by atoms with E-state index < -0.39 is 0 Å². The maximum absolute atomic E-state index is 12.4. The van der Waals surface area contributed by atoms with Gasteiger partial charge in [0.1, 0.15) is 5.75 Å². The van der Waals surface area contributed by atoms with E-state index >= 15 is 0 Å². The fraction of sp³-hybridized carbons (Fsp3) is 0.200. The first-order valence-electron chi connectivity index (χ1n) is 8.35. The van der Waals surface area contributed by atoms with Crippen molar-refractivity contribution in [2.75, 3.05) is 5.32 Å². The van der Waals surface area contributed by atoms with Crippen molar-refractivity contribution >= 4 is 23.2 Å². The molecule has 1 heterocycles. The zero-order chi connectivity index (χ0) is 18.5. The molecule has 0 saturated heterocycles. The molecule has 134 valence electrons. The summed E-state index contributed by atoms with van der Waals surface area (Å²) in [6, 6.07) is 14.8. The van der Waals surface area contributed by atoms with Gasteiger partial charge in [-0.2, -0.15) is 5.10 Å². The summed E-state index contributed by atoms with van der Waals surface area (Å²) >= 11 is 6.16. The number of nitrogens with one attached hydrogen (secondary N) is 1. The monoisotopic (exact) mass is 369 g/mol. The molecule has 6 heteroatoms. The lowest BCUT2D eigenvalue weighted by Gasteiger charge is -2.10. The Kier molecular flexibility index (Phi) is 5.58. The molecule has 0 radical (unpaired) electrons. The normalized spacial score (nSPS) is 10.8. The van der Waals surface area contributed by atoms with Gasteiger partial charge in [0, 0.05) is 16.9 Å². The van der Waals surface area contributed by atoms with Gasteiger partial charge in [-0.1, -0.05) is 29.8 Å². The molecule has 0 saturated carbocycles. The minimum Gasteiger partial charge on any atom is -0.491 e. The van der Waals surface area contributed by atoms with Gasteiger partial charge in [0.2, 0.25) is 0 Å². The highest BCUT2D eigenvalue weighted by atomic mass is 35.5. The maximum Gasteiger partial charge on any atom is 0.258 e. The summed E-state index contributed by atoms with van der Waals surface area (Å²) in [5, 5.41) is 7.77. The first kappa shape index (κ1) is 18.0. The van der Waals surface area contributed by atoms with Gasteiger partial charge >= 0.3 is 0 Å². The number of carbonyl (C=O) groups is 1. The zero-order valence-corrected chi connectivity index (χ0v) is 15.4. The molecule has 0 spiro atoms. The Labute approximate surface area is 157 Å². The number of amides is 1. The second kappa shape index (κ2) is 8.06. The summed E-state index contributed by atoms with van der Waals surface area (Å²) < 4.78 is 7.28. The first-order chi connectivity index (χ1) is 12.5. The number of benzene rings is 2. The number of carbonyl (C=O) groups excluding carboxylic acids is 1. The van der Waals surface area contributed by atoms with Crippen LogP contribution >= 0.6 is 11.6 Å². The van der Waals surface area contributed by atoms with Gasteiger partial charge in [0.05, 0.1) is 24.4 Å². The number of halogens is 1. The average molecular weight is 370 g/mol. The standard InChI is InChI=1S/C20H20ClN3O2/c1-14(2)26-18-9-7-17(8-10-18)23-20(25)16-11-22-24(13-16)12-15-5-3-4-6-19(15)21/h3-11,13-14H,12H2,1-2H3,(H,23,25). The van der Waals surface area contributed by atoms with Crippen LogP contribution in [0.5, 0.6) is 5.75 Å². The molecule has 3 rings (SSSR count). The quantitative estimate of drug-likeness (QED) is 0.689. The molecule has 0 aliphatic rings. The summed E-state index contributed by atoms with van der Waals surface area (Å²) in [6.07, 6.45) is 3.36. The van der Waals surface area contributed by atoms with Crippen molar-refractivity contribution in [1.29, 1.82) is 0 Å². The Hall–Kier alpha value is -2.79. The van der Waals surface area contributed by atoms with Crippen molar-refractivity contribution in [3.63, 3.8) is 0 Å². The van der Waals surface area contributed by atoms with E-state index in [1.54, 1.807) is 17.1 Å². The second-order valence-electron chi connectivity index (χ2n) is 6.16. The molecule has 26 heavy (non-hydrogen) atoms. The Morgan fingerprint density at radius 3 is 2.62 bits per heavy atom. The molecule has 0 atom stereocenters. The molecule has 1 N–H and O–H groups in total. The zero-order valence-electron chi connectivity index (χ0n) is 14.6. The number of nitrogens with zero attached hydrogens (tertiary/aromatic N) is 2. The van der Waals surface area contributed by atoms with Crippen LogP contribution in [-0.2, 0) is 6.54 Å². The smallest absolute Gasteiger partial charge is 0.258 e. The Morgan fingerprint density at radius 1 is 1.19 bits per heavy atom. The van der Waals surface area contributed by atoms with Crippen LogP contribution in [0.15, 0.2) is 60.9 Å². The van der Waals surface area contributed by atoms with Crippen LogP contribution in [0.25, 0.3) is 0 Å². The molecular formula is C20H20ClN3O2. The predicted molar refractivity (Wildman–Crippen MR) is 103 cm³/mol. The van der Waals surface area contributed by atoms with Crippen molar-refractivity contribution in [3.05, 3.63) is 77.1 Å². The highest BCUT2D eigenvalue weighted by Crippen LogP contribution is 2.18. The van der Waals surface area contributed by atoms with E-state index in [-0.39, 0.29) is 12.0 Å². The summed E-state index contributed by atoms with van der Waals surface area (Å²) in [6.45, 7) is 4.44. The van der Waals surface area contributed by atoms with Gasteiger partial charge < -0.3 is 10.1 Å². The molecule has 1 amide bonds. The Bertz CT molecular complexity index is 888. The molecule has 0 bridgehead atoms. The van der Waals surface area contributed by atoms with Crippen LogP contribution in [0.1, 0.15) is 29.8 Å². The topological polar surface area (TPSA) is 56.1 Å². The van der Waals surface area contributed by atoms with Crippen molar-refractivity contribution in [2.24, 2.45) is 0 Å². The van der Waals surface area contributed by atoms with Crippen molar-refractivity contribution in [1.82, 2.24) is 9.78 Å². The summed E-state index contributed by atoms with van der Waals surface area (Å²) in [5.41, 5.74) is 2.13. The second-order valence-corrected chi connectivity index (χ2v) is 6.57. The fourth-order valence-corrected chi connectivity index (χ4v) is 2.66. The van der Waals surface area contributed by atoms with E-state index in [1.165, 1.54) is 0 Å². The largest absolute Gasteiger partial charge is 0.491 e. The van der Waals surface area contributed by atoms with E-state index in [0.717, 1.165) is 11.3 Å². The molecule has 3 aromatic rings. The molecule has 2 aromatic carbocycles. The number of anilines is 1. The lowest BCUT2D eigenvalue weighted by Crippen LogP contribution is -2.11. The molecule has 5 nitrogen and oxygen atoms in total. The minimum atomic E-state index is -0.215. The third kappa shape index (κ3) is 4.64. The van der Waals surface area contributed by atoms with E-state index in [4.69, 9.17) is 16.3 Å². The van der Waals surface area contributed by atoms with Gasteiger partial charge in [0.15, 0.2) is 0 Å². The lowest BCUT2D eigenvalue weighted by molar-refractivity contribution is 0.102. The molecular weight excluding hydrogens is 350 g/mol. The van der Waals surface area contributed by atoms with Crippen molar-refractivity contribution in [2.45, 2.75) is 26.5 Å². The minimum absolute atomic E-state index is 0.111. The number of rotatable bonds is 6. The number of ether oxygens (including phenoxy) is 1. The van der Waals surface area contributed by atoms with Crippen LogP contribution in [0.3, 0.4) is 0 Å². The van der Waals surface area contributed by atoms with E-state index in [9.17, 15) is 4.79 Å². The van der Waals surface area contributed by atoms with Crippen LogP contribution in [0.4, 0.5) is 5.69 Å². The van der Waals surface area contributed by atoms with Gasteiger partial charge in [0.25, 0.3) is 5.91 Å². The van der Waals surface area contributed by atoms with E-state index in [2.05, 4.69) is 10.4 Å². The number of aromatic nitrogens is 2. The number of hydrogen-bond donors (Lipinski definition) is 1. The van der Waals surface area contributed by atoms with E-state index in [1.807, 2.05) is 62.4 Å². The summed E-state index contributed by atoms with van der Waals surface area (Å²) in [4.78, 5) is 12.4. The summed E-state index contributed by atoms with van der Waals surface area (Å²) in [5.74, 6) is 0.554.